The topological polar surface area (TPSA) is 58.2 Å². The van der Waals surface area contributed by atoms with Gasteiger partial charge in [0.2, 0.25) is 5.91 Å². The first kappa shape index (κ1) is 19.3. The second-order valence-electron chi connectivity index (χ2n) is 5.79. The molecular formula is C19H20Cl2N2O2. The lowest BCUT2D eigenvalue weighted by Crippen LogP contribution is -2.32. The predicted octanol–water partition coefficient (Wildman–Crippen LogP) is 4.70. The van der Waals surface area contributed by atoms with Gasteiger partial charge >= 0.3 is 0 Å². The quantitative estimate of drug-likeness (QED) is 0.764. The van der Waals surface area contributed by atoms with Gasteiger partial charge < -0.3 is 10.6 Å². The van der Waals surface area contributed by atoms with Crippen LogP contribution in [0.4, 0.5) is 5.69 Å². The first-order chi connectivity index (χ1) is 11.9. The smallest absolute Gasteiger partial charge is 0.253 e. The fraction of sp³-hybridized carbons (Fsp3) is 0.263. The number of benzene rings is 2. The Kier molecular flexibility index (Phi) is 6.85. The summed E-state index contributed by atoms with van der Waals surface area (Å²) in [6, 6.07) is 12.0. The molecule has 0 fully saturated rings. The summed E-state index contributed by atoms with van der Waals surface area (Å²) in [6.45, 7) is 3.93. The Balaban J connectivity index is 2.11. The molecule has 0 radical (unpaired) electrons. The molecule has 0 bridgehead atoms. The predicted molar refractivity (Wildman–Crippen MR) is 102 cm³/mol. The molecule has 0 aliphatic carbocycles. The largest absolute Gasteiger partial charge is 0.350 e. The average Bonchev–Trinajstić information content (AvgIpc) is 2.57. The summed E-state index contributed by atoms with van der Waals surface area (Å²) in [5.41, 5.74) is 1.57. The van der Waals surface area contributed by atoms with Gasteiger partial charge in [0.25, 0.3) is 5.91 Å². The number of rotatable bonds is 6. The van der Waals surface area contributed by atoms with E-state index in [0.29, 0.717) is 26.9 Å². The number of amides is 2. The molecule has 0 aromatic heterocycles. The Morgan fingerprint density at radius 3 is 2.52 bits per heavy atom. The zero-order valence-corrected chi connectivity index (χ0v) is 15.6. The van der Waals surface area contributed by atoms with Crippen LogP contribution in [-0.4, -0.2) is 17.9 Å². The van der Waals surface area contributed by atoms with E-state index in [0.717, 1.165) is 6.42 Å². The van der Waals surface area contributed by atoms with Gasteiger partial charge in [-0.3, -0.25) is 9.59 Å². The lowest BCUT2D eigenvalue weighted by Gasteiger charge is -2.15. The van der Waals surface area contributed by atoms with Gasteiger partial charge in [-0.15, -0.1) is 0 Å². The Morgan fingerprint density at radius 1 is 1.12 bits per heavy atom. The highest BCUT2D eigenvalue weighted by molar-refractivity contribution is 6.35. The third-order valence-corrected chi connectivity index (χ3v) is 4.39. The van der Waals surface area contributed by atoms with Crippen molar-refractivity contribution in [2.24, 2.45) is 0 Å². The van der Waals surface area contributed by atoms with Crippen LogP contribution >= 0.6 is 23.2 Å². The molecule has 0 saturated heterocycles. The van der Waals surface area contributed by atoms with Gasteiger partial charge in [-0.05, 0) is 43.2 Å². The summed E-state index contributed by atoms with van der Waals surface area (Å²) >= 11 is 12.0. The van der Waals surface area contributed by atoms with E-state index in [-0.39, 0.29) is 24.3 Å². The van der Waals surface area contributed by atoms with E-state index in [1.54, 1.807) is 42.5 Å². The molecule has 2 rings (SSSR count). The monoisotopic (exact) mass is 378 g/mol. The first-order valence-corrected chi connectivity index (χ1v) is 8.80. The molecule has 132 valence electrons. The number of hydrogen-bond acceptors (Lipinski definition) is 2. The highest BCUT2D eigenvalue weighted by Gasteiger charge is 2.15. The van der Waals surface area contributed by atoms with Crippen molar-refractivity contribution in [3.05, 3.63) is 63.6 Å². The Labute approximate surface area is 157 Å². The summed E-state index contributed by atoms with van der Waals surface area (Å²) in [5, 5.41) is 6.63. The Bertz CT molecular complexity index is 778. The molecule has 25 heavy (non-hydrogen) atoms. The van der Waals surface area contributed by atoms with Gasteiger partial charge in [-0.25, -0.2) is 0 Å². The molecule has 0 aliphatic rings. The van der Waals surface area contributed by atoms with Crippen LogP contribution in [0.5, 0.6) is 0 Å². The minimum Gasteiger partial charge on any atom is -0.350 e. The van der Waals surface area contributed by atoms with Crippen LogP contribution < -0.4 is 10.6 Å². The second-order valence-corrected chi connectivity index (χ2v) is 6.63. The zero-order valence-electron chi connectivity index (χ0n) is 14.1. The van der Waals surface area contributed by atoms with E-state index in [1.165, 1.54) is 0 Å². The zero-order chi connectivity index (χ0) is 18.4. The molecule has 2 aromatic rings. The summed E-state index contributed by atoms with van der Waals surface area (Å²) in [4.78, 5) is 24.7. The highest BCUT2D eigenvalue weighted by Crippen LogP contribution is 2.22. The Morgan fingerprint density at radius 2 is 1.84 bits per heavy atom. The van der Waals surface area contributed by atoms with Crippen molar-refractivity contribution in [2.45, 2.75) is 32.7 Å². The van der Waals surface area contributed by atoms with Gasteiger partial charge in [0, 0.05) is 16.1 Å². The maximum absolute atomic E-state index is 12.4. The lowest BCUT2D eigenvalue weighted by atomic mass is 10.1. The van der Waals surface area contributed by atoms with Crippen molar-refractivity contribution in [1.29, 1.82) is 0 Å². The van der Waals surface area contributed by atoms with Gasteiger partial charge in [-0.1, -0.05) is 48.3 Å². The van der Waals surface area contributed by atoms with Crippen molar-refractivity contribution in [2.75, 3.05) is 5.32 Å². The standard InChI is InChI=1S/C19H20Cl2N2O2/c1-3-12(2)22-19(25)15-6-4-5-7-17(15)23-18(24)10-13-8-9-14(20)11-16(13)21/h4-9,11-12H,3,10H2,1-2H3,(H,22,25)(H,23,24). The molecule has 1 atom stereocenters. The normalized spacial score (nSPS) is 11.7. The number of halogens is 2. The van der Waals surface area contributed by atoms with Crippen molar-refractivity contribution >= 4 is 40.7 Å². The highest BCUT2D eigenvalue weighted by atomic mass is 35.5. The first-order valence-electron chi connectivity index (χ1n) is 8.04. The molecule has 0 saturated carbocycles. The summed E-state index contributed by atoms with van der Waals surface area (Å²) in [6.07, 6.45) is 0.923. The number of para-hydroxylation sites is 1. The minimum atomic E-state index is -0.256. The van der Waals surface area contributed by atoms with Crippen molar-refractivity contribution in [3.8, 4) is 0 Å². The van der Waals surface area contributed by atoms with Crippen LogP contribution in [-0.2, 0) is 11.2 Å². The third-order valence-electron chi connectivity index (χ3n) is 3.80. The number of carbonyl (C=O) groups is 2. The third kappa shape index (κ3) is 5.48. The van der Waals surface area contributed by atoms with Gasteiger partial charge in [0.05, 0.1) is 17.7 Å². The van der Waals surface area contributed by atoms with Crippen LogP contribution in [0.1, 0.15) is 36.2 Å². The van der Waals surface area contributed by atoms with Crippen LogP contribution in [0.2, 0.25) is 10.0 Å². The maximum atomic E-state index is 12.4. The molecule has 4 nitrogen and oxygen atoms in total. The molecule has 2 aromatic carbocycles. The van der Waals surface area contributed by atoms with Crippen LogP contribution in [0.3, 0.4) is 0 Å². The van der Waals surface area contributed by atoms with E-state index >= 15 is 0 Å². The fourth-order valence-corrected chi connectivity index (χ4v) is 2.70. The van der Waals surface area contributed by atoms with Crippen LogP contribution in [0.25, 0.3) is 0 Å². The van der Waals surface area contributed by atoms with E-state index in [2.05, 4.69) is 10.6 Å². The second kappa shape index (κ2) is 8.88. The van der Waals surface area contributed by atoms with Crippen molar-refractivity contribution in [3.63, 3.8) is 0 Å². The van der Waals surface area contributed by atoms with E-state index in [9.17, 15) is 9.59 Å². The number of hydrogen-bond donors (Lipinski definition) is 2. The van der Waals surface area contributed by atoms with Crippen LogP contribution in [0, 0.1) is 0 Å². The van der Waals surface area contributed by atoms with E-state index in [4.69, 9.17) is 23.2 Å². The molecule has 0 heterocycles. The number of carbonyl (C=O) groups excluding carboxylic acids is 2. The fourth-order valence-electron chi connectivity index (χ4n) is 2.23. The summed E-state index contributed by atoms with van der Waals surface area (Å²) in [5.74, 6) is -0.470. The van der Waals surface area contributed by atoms with Gasteiger partial charge in [0.15, 0.2) is 0 Å². The summed E-state index contributed by atoms with van der Waals surface area (Å²) in [7, 11) is 0. The summed E-state index contributed by atoms with van der Waals surface area (Å²) < 4.78 is 0. The minimum absolute atomic E-state index is 0.0594. The van der Waals surface area contributed by atoms with Gasteiger partial charge in [0.1, 0.15) is 0 Å². The van der Waals surface area contributed by atoms with E-state index < -0.39 is 0 Å². The number of nitrogens with one attached hydrogen (secondary N) is 2. The molecule has 0 aliphatic heterocycles. The molecule has 6 heteroatoms. The van der Waals surface area contributed by atoms with Gasteiger partial charge in [-0.2, -0.15) is 0 Å². The SMILES string of the molecule is CCC(C)NC(=O)c1ccccc1NC(=O)Cc1ccc(Cl)cc1Cl. The lowest BCUT2D eigenvalue weighted by molar-refractivity contribution is -0.115. The van der Waals surface area contributed by atoms with Crippen LogP contribution in [0.15, 0.2) is 42.5 Å². The Hall–Kier alpha value is -2.04. The molecule has 0 spiro atoms. The molecule has 2 amide bonds. The average molecular weight is 379 g/mol. The number of anilines is 1. The molecule has 1 unspecified atom stereocenters. The maximum Gasteiger partial charge on any atom is 0.253 e. The van der Waals surface area contributed by atoms with Crippen molar-refractivity contribution in [1.82, 2.24) is 5.32 Å². The molecular weight excluding hydrogens is 359 g/mol. The van der Waals surface area contributed by atoms with E-state index in [1.807, 2.05) is 13.8 Å². The van der Waals surface area contributed by atoms with Crippen molar-refractivity contribution < 1.29 is 9.59 Å². The molecule has 2 N–H and O–H groups in total.